The Morgan fingerprint density at radius 2 is 1.22 bits per heavy atom. The predicted molar refractivity (Wildman–Crippen MR) is 154 cm³/mol. The van der Waals surface area contributed by atoms with Crippen LogP contribution in [0.3, 0.4) is 0 Å². The highest BCUT2D eigenvalue weighted by Gasteiger charge is 2.17. The average molecular weight is 492 g/mol. The highest BCUT2D eigenvalue weighted by atomic mass is 32.1. The van der Waals surface area contributed by atoms with Crippen molar-refractivity contribution in [3.05, 3.63) is 128 Å². The Balaban J connectivity index is 1.50. The molecule has 174 valence electrons. The maximum atomic E-state index is 5.18. The molecule has 0 fully saturated rings. The molecule has 0 saturated carbocycles. The normalized spacial score (nSPS) is 11.2. The Bertz CT molecular complexity index is 1880. The van der Waals surface area contributed by atoms with Gasteiger partial charge in [-0.2, -0.15) is 0 Å². The van der Waals surface area contributed by atoms with Crippen LogP contribution >= 0.6 is 11.3 Å². The van der Waals surface area contributed by atoms with Crippen molar-refractivity contribution in [2.24, 2.45) is 0 Å². The van der Waals surface area contributed by atoms with E-state index in [4.69, 9.17) is 9.97 Å². The van der Waals surface area contributed by atoms with Gasteiger partial charge in [0.25, 0.3) is 0 Å². The first kappa shape index (κ1) is 21.6. The Morgan fingerprint density at radius 3 is 2.08 bits per heavy atom. The number of nitrogens with zero attached hydrogens (tertiary/aromatic N) is 3. The summed E-state index contributed by atoms with van der Waals surface area (Å²) in [4.78, 5) is 14.6. The second-order valence-corrected chi connectivity index (χ2v) is 9.95. The third kappa shape index (κ3) is 3.88. The molecule has 0 aliphatic carbocycles. The summed E-state index contributed by atoms with van der Waals surface area (Å²) in [5.41, 5.74) is 7.10. The van der Waals surface area contributed by atoms with Crippen LogP contribution in [0, 0.1) is 0 Å². The van der Waals surface area contributed by atoms with E-state index >= 15 is 0 Å². The minimum Gasteiger partial charge on any atom is -0.264 e. The van der Waals surface area contributed by atoms with Crippen LogP contribution in [0.15, 0.2) is 128 Å². The minimum absolute atomic E-state index is 0.703. The smallest absolute Gasteiger partial charge is 0.161 e. The third-order valence-corrected chi connectivity index (χ3v) is 7.84. The first-order valence-electron chi connectivity index (χ1n) is 12.2. The van der Waals surface area contributed by atoms with Gasteiger partial charge in [-0.05, 0) is 23.8 Å². The summed E-state index contributed by atoms with van der Waals surface area (Å²) in [7, 11) is 0. The molecule has 3 aromatic heterocycles. The topological polar surface area (TPSA) is 38.7 Å². The molecule has 0 aliphatic rings. The number of pyridine rings is 1. The lowest BCUT2D eigenvalue weighted by atomic mass is 9.99. The number of hydrogen-bond donors (Lipinski definition) is 0. The van der Waals surface area contributed by atoms with Crippen molar-refractivity contribution in [1.82, 2.24) is 15.0 Å². The zero-order valence-corrected chi connectivity index (χ0v) is 20.7. The van der Waals surface area contributed by atoms with E-state index in [0.29, 0.717) is 5.82 Å². The molecule has 0 saturated heterocycles. The second kappa shape index (κ2) is 9.08. The van der Waals surface area contributed by atoms with Crippen LogP contribution in [0.5, 0.6) is 0 Å². The van der Waals surface area contributed by atoms with E-state index in [2.05, 4.69) is 83.8 Å². The van der Waals surface area contributed by atoms with Gasteiger partial charge in [-0.25, -0.2) is 9.97 Å². The lowest BCUT2D eigenvalue weighted by Crippen LogP contribution is -1.97. The van der Waals surface area contributed by atoms with E-state index < -0.39 is 0 Å². The van der Waals surface area contributed by atoms with Crippen molar-refractivity contribution in [1.29, 1.82) is 0 Å². The molecule has 4 aromatic carbocycles. The molecule has 0 atom stereocenters. The van der Waals surface area contributed by atoms with Crippen molar-refractivity contribution in [3.8, 4) is 45.0 Å². The summed E-state index contributed by atoms with van der Waals surface area (Å²) >= 11 is 1.82. The van der Waals surface area contributed by atoms with E-state index in [9.17, 15) is 0 Å². The van der Waals surface area contributed by atoms with Gasteiger partial charge in [-0.1, -0.05) is 97.1 Å². The van der Waals surface area contributed by atoms with Crippen molar-refractivity contribution in [2.45, 2.75) is 0 Å². The predicted octanol–water partition coefficient (Wildman–Crippen LogP) is 8.91. The molecule has 0 N–H and O–H groups in total. The lowest BCUT2D eigenvalue weighted by molar-refractivity contribution is 1.18. The van der Waals surface area contributed by atoms with Crippen LogP contribution in [0.1, 0.15) is 0 Å². The summed E-state index contributed by atoms with van der Waals surface area (Å²) in [6.07, 6.45) is 3.68. The summed E-state index contributed by atoms with van der Waals surface area (Å²) in [6, 6.07) is 39.9. The van der Waals surface area contributed by atoms with Crippen molar-refractivity contribution < 1.29 is 0 Å². The van der Waals surface area contributed by atoms with Crippen molar-refractivity contribution >= 4 is 31.5 Å². The maximum Gasteiger partial charge on any atom is 0.161 e. The Morgan fingerprint density at radius 1 is 0.514 bits per heavy atom. The molecule has 0 unspecified atom stereocenters. The van der Waals surface area contributed by atoms with Crippen molar-refractivity contribution in [2.75, 3.05) is 0 Å². The zero-order valence-electron chi connectivity index (χ0n) is 19.9. The standard InChI is InChI=1S/C33H21N3S/c1-2-10-22(11-3-1)29-20-30(28-17-8-16-26-25-14-6-7-18-31(25)37-32(26)28)36-33(35-29)27-15-5-4-13-24(27)23-12-9-19-34-21-23/h1-21H. The fourth-order valence-corrected chi connectivity index (χ4v) is 6.09. The first-order valence-corrected chi connectivity index (χ1v) is 13.0. The Hall–Kier alpha value is -4.67. The van der Waals surface area contributed by atoms with Crippen LogP contribution in [-0.4, -0.2) is 15.0 Å². The van der Waals surface area contributed by atoms with Gasteiger partial charge in [0.15, 0.2) is 5.82 Å². The van der Waals surface area contributed by atoms with Crippen LogP contribution in [0.4, 0.5) is 0 Å². The molecule has 3 heterocycles. The second-order valence-electron chi connectivity index (χ2n) is 8.90. The molecule has 7 rings (SSSR count). The van der Waals surface area contributed by atoms with E-state index in [-0.39, 0.29) is 0 Å². The number of fused-ring (bicyclic) bond motifs is 3. The monoisotopic (exact) mass is 491 g/mol. The van der Waals surface area contributed by atoms with Crippen LogP contribution in [-0.2, 0) is 0 Å². The SMILES string of the molecule is c1ccc(-c2cc(-c3cccc4c3sc3ccccc34)nc(-c3ccccc3-c3cccnc3)n2)cc1. The highest BCUT2D eigenvalue weighted by Crippen LogP contribution is 2.40. The number of aromatic nitrogens is 3. The van der Waals surface area contributed by atoms with Gasteiger partial charge in [0.2, 0.25) is 0 Å². The van der Waals surface area contributed by atoms with E-state index in [1.165, 1.54) is 20.2 Å². The highest BCUT2D eigenvalue weighted by molar-refractivity contribution is 7.26. The Labute approximate surface area is 218 Å². The molecule has 0 aliphatic heterocycles. The number of rotatable bonds is 4. The van der Waals surface area contributed by atoms with Crippen molar-refractivity contribution in [3.63, 3.8) is 0 Å². The van der Waals surface area contributed by atoms with Crippen LogP contribution in [0.2, 0.25) is 0 Å². The molecule has 3 nitrogen and oxygen atoms in total. The van der Waals surface area contributed by atoms with Gasteiger partial charge >= 0.3 is 0 Å². The maximum absolute atomic E-state index is 5.18. The number of hydrogen-bond acceptors (Lipinski definition) is 4. The van der Waals surface area contributed by atoms with E-state index in [0.717, 1.165) is 39.2 Å². The first-order chi connectivity index (χ1) is 18.3. The summed E-state index contributed by atoms with van der Waals surface area (Å²) in [6.45, 7) is 0. The largest absolute Gasteiger partial charge is 0.264 e. The van der Waals surface area contributed by atoms with Crippen LogP contribution in [0.25, 0.3) is 65.2 Å². The molecule has 0 spiro atoms. The quantitative estimate of drug-likeness (QED) is 0.247. The molecular weight excluding hydrogens is 470 g/mol. The van der Waals surface area contributed by atoms with Gasteiger partial charge in [-0.15, -0.1) is 11.3 Å². The minimum atomic E-state index is 0.703. The molecule has 7 aromatic rings. The van der Waals surface area contributed by atoms with Gasteiger partial charge in [0.1, 0.15) is 0 Å². The molecule has 0 radical (unpaired) electrons. The molecule has 0 amide bonds. The van der Waals surface area contributed by atoms with E-state index in [1.807, 2.05) is 53.9 Å². The van der Waals surface area contributed by atoms with Crippen LogP contribution < -0.4 is 0 Å². The number of thiophene rings is 1. The lowest BCUT2D eigenvalue weighted by Gasteiger charge is -2.13. The van der Waals surface area contributed by atoms with Gasteiger partial charge < -0.3 is 0 Å². The fraction of sp³-hybridized carbons (Fsp3) is 0. The van der Waals surface area contributed by atoms with Gasteiger partial charge in [0, 0.05) is 54.8 Å². The fourth-order valence-electron chi connectivity index (χ4n) is 4.86. The summed E-state index contributed by atoms with van der Waals surface area (Å²) in [5, 5.41) is 2.54. The molecule has 37 heavy (non-hydrogen) atoms. The van der Waals surface area contributed by atoms with E-state index in [1.54, 1.807) is 6.20 Å². The molecule has 0 bridgehead atoms. The van der Waals surface area contributed by atoms with Gasteiger partial charge in [-0.3, -0.25) is 4.98 Å². The molecular formula is C33H21N3S. The Kier molecular flexibility index (Phi) is 5.30. The number of benzene rings is 4. The average Bonchev–Trinajstić information content (AvgIpc) is 3.37. The summed E-state index contributed by atoms with van der Waals surface area (Å²) in [5.74, 6) is 0.703. The summed E-state index contributed by atoms with van der Waals surface area (Å²) < 4.78 is 2.53. The third-order valence-electron chi connectivity index (χ3n) is 6.62. The zero-order chi connectivity index (χ0) is 24.6. The molecule has 4 heteroatoms. The van der Waals surface area contributed by atoms with Gasteiger partial charge in [0.05, 0.1) is 11.4 Å².